The molecule has 0 radical (unpaired) electrons. The van der Waals surface area contributed by atoms with Crippen molar-refractivity contribution in [3.05, 3.63) is 22.6 Å². The summed E-state index contributed by atoms with van der Waals surface area (Å²) >= 11 is 3.06. The monoisotopic (exact) mass is 171 g/mol. The van der Waals surface area contributed by atoms with Gasteiger partial charge in [-0.3, -0.25) is 0 Å². The van der Waals surface area contributed by atoms with Gasteiger partial charge in [0.1, 0.15) is 6.07 Å². The molecule has 0 amide bonds. The Kier molecular flexibility index (Phi) is 1.36. The van der Waals surface area contributed by atoms with Crippen molar-refractivity contribution in [3.8, 4) is 6.07 Å². The fourth-order valence-electron chi connectivity index (χ4n) is 0.374. The van der Waals surface area contributed by atoms with Crippen molar-refractivity contribution in [3.63, 3.8) is 0 Å². The molecule has 1 rings (SSSR count). The zero-order valence-corrected chi connectivity index (χ0v) is 5.47. The van der Waals surface area contributed by atoms with Gasteiger partial charge in [-0.2, -0.15) is 5.26 Å². The normalized spacial score (nSPS) is 8.50. The van der Waals surface area contributed by atoms with Gasteiger partial charge in [-0.05, 0) is 28.1 Å². The Balaban J connectivity index is 3.05. The minimum absolute atomic E-state index is 0.330. The SMILES string of the molecule is N#Cc1ccc(Br)o1. The molecular weight excluding hydrogens is 170 g/mol. The molecule has 1 aromatic heterocycles. The van der Waals surface area contributed by atoms with Crippen molar-refractivity contribution >= 4 is 15.9 Å². The summed E-state index contributed by atoms with van der Waals surface area (Å²) < 4.78 is 5.38. The first-order valence-corrected chi connectivity index (χ1v) is 2.77. The molecule has 0 unspecified atom stereocenters. The molecule has 40 valence electrons. The van der Waals surface area contributed by atoms with Gasteiger partial charge in [-0.15, -0.1) is 0 Å². The second-order valence-electron chi connectivity index (χ2n) is 1.22. The van der Waals surface area contributed by atoms with E-state index in [0.29, 0.717) is 10.4 Å². The van der Waals surface area contributed by atoms with E-state index >= 15 is 0 Å². The van der Waals surface area contributed by atoms with E-state index < -0.39 is 0 Å². The molecule has 0 spiro atoms. The van der Waals surface area contributed by atoms with E-state index in [4.69, 9.17) is 9.68 Å². The van der Waals surface area contributed by atoms with Crippen LogP contribution in [0.15, 0.2) is 21.2 Å². The highest BCUT2D eigenvalue weighted by Gasteiger charge is 1.93. The summed E-state index contributed by atoms with van der Waals surface area (Å²) in [4.78, 5) is 0. The molecule has 0 saturated heterocycles. The highest BCUT2D eigenvalue weighted by Crippen LogP contribution is 2.12. The molecule has 0 fully saturated rings. The molecule has 0 aliphatic rings. The third kappa shape index (κ3) is 0.903. The number of hydrogen-bond acceptors (Lipinski definition) is 2. The van der Waals surface area contributed by atoms with Crippen LogP contribution in [0.4, 0.5) is 0 Å². The lowest BCUT2D eigenvalue weighted by Gasteiger charge is -1.72. The summed E-state index contributed by atoms with van der Waals surface area (Å²) in [6.45, 7) is 0. The van der Waals surface area contributed by atoms with Crippen LogP contribution in [0.25, 0.3) is 0 Å². The number of hydrogen-bond donors (Lipinski definition) is 0. The summed E-state index contributed by atoms with van der Waals surface area (Å²) in [6.07, 6.45) is 0. The van der Waals surface area contributed by atoms with Crippen LogP contribution in [0.3, 0.4) is 0 Å². The smallest absolute Gasteiger partial charge is 0.204 e. The first kappa shape index (κ1) is 5.39. The lowest BCUT2D eigenvalue weighted by Crippen LogP contribution is -1.55. The van der Waals surface area contributed by atoms with Crippen molar-refractivity contribution in [2.45, 2.75) is 0 Å². The van der Waals surface area contributed by atoms with Crippen LogP contribution in [0.1, 0.15) is 5.76 Å². The van der Waals surface area contributed by atoms with E-state index in [-0.39, 0.29) is 0 Å². The Morgan fingerprint density at radius 1 is 1.62 bits per heavy atom. The lowest BCUT2D eigenvalue weighted by molar-refractivity contribution is 0.527. The molecule has 8 heavy (non-hydrogen) atoms. The number of nitriles is 1. The van der Waals surface area contributed by atoms with Gasteiger partial charge in [0.2, 0.25) is 5.76 Å². The maximum atomic E-state index is 8.19. The summed E-state index contributed by atoms with van der Waals surface area (Å²) in [6, 6.07) is 5.13. The Labute approximate surface area is 54.9 Å². The zero-order chi connectivity index (χ0) is 5.98. The highest BCUT2D eigenvalue weighted by atomic mass is 79.9. The number of furan rings is 1. The van der Waals surface area contributed by atoms with Crippen molar-refractivity contribution in [1.29, 1.82) is 5.26 Å². The molecule has 1 heterocycles. The third-order valence-corrected chi connectivity index (χ3v) is 1.11. The maximum Gasteiger partial charge on any atom is 0.204 e. The van der Waals surface area contributed by atoms with E-state index in [9.17, 15) is 0 Å². The van der Waals surface area contributed by atoms with E-state index in [2.05, 4.69) is 15.9 Å². The van der Waals surface area contributed by atoms with Crippen LogP contribution < -0.4 is 0 Å². The largest absolute Gasteiger partial charge is 0.439 e. The van der Waals surface area contributed by atoms with Gasteiger partial charge < -0.3 is 4.42 Å². The van der Waals surface area contributed by atoms with E-state index in [1.54, 1.807) is 12.1 Å². The van der Waals surface area contributed by atoms with Gasteiger partial charge in [0.25, 0.3) is 0 Å². The Morgan fingerprint density at radius 3 is 2.62 bits per heavy atom. The van der Waals surface area contributed by atoms with Crippen LogP contribution in [0.5, 0.6) is 0 Å². The van der Waals surface area contributed by atoms with E-state index in [0.717, 1.165) is 0 Å². The first-order chi connectivity index (χ1) is 3.83. The average molecular weight is 172 g/mol. The number of rotatable bonds is 0. The topological polar surface area (TPSA) is 36.9 Å². The molecule has 0 aromatic carbocycles. The van der Waals surface area contributed by atoms with Gasteiger partial charge in [-0.1, -0.05) is 0 Å². The van der Waals surface area contributed by atoms with Crippen LogP contribution in [0.2, 0.25) is 0 Å². The van der Waals surface area contributed by atoms with Gasteiger partial charge in [0.05, 0.1) is 0 Å². The fraction of sp³-hybridized carbons (Fsp3) is 0. The zero-order valence-electron chi connectivity index (χ0n) is 3.89. The maximum absolute atomic E-state index is 8.19. The lowest BCUT2D eigenvalue weighted by atomic mass is 10.5. The summed E-state index contributed by atoms with van der Waals surface area (Å²) in [5, 5.41) is 8.19. The number of nitrogens with zero attached hydrogens (tertiary/aromatic N) is 1. The molecule has 0 aliphatic carbocycles. The summed E-state index contributed by atoms with van der Waals surface area (Å²) in [5.41, 5.74) is 0. The molecule has 0 atom stereocenters. The van der Waals surface area contributed by atoms with Gasteiger partial charge >= 0.3 is 0 Å². The molecule has 1 aromatic rings. The Bertz CT molecular complexity index is 223. The number of halogens is 1. The minimum Gasteiger partial charge on any atom is -0.439 e. The Hall–Kier alpha value is -0.750. The standard InChI is InChI=1S/C5H2BrNO/c6-5-2-1-4(3-7)8-5/h1-2H. The predicted octanol–water partition coefficient (Wildman–Crippen LogP) is 1.91. The molecule has 0 saturated carbocycles. The predicted molar refractivity (Wildman–Crippen MR) is 31.1 cm³/mol. The van der Waals surface area contributed by atoms with Crippen LogP contribution >= 0.6 is 15.9 Å². The van der Waals surface area contributed by atoms with Crippen LogP contribution in [-0.2, 0) is 0 Å². The first-order valence-electron chi connectivity index (χ1n) is 1.98. The van der Waals surface area contributed by atoms with Gasteiger partial charge in [-0.25, -0.2) is 0 Å². The van der Waals surface area contributed by atoms with Crippen molar-refractivity contribution in [1.82, 2.24) is 0 Å². The van der Waals surface area contributed by atoms with E-state index in [1.165, 1.54) is 0 Å². The van der Waals surface area contributed by atoms with E-state index in [1.807, 2.05) is 6.07 Å². The second-order valence-corrected chi connectivity index (χ2v) is 2.00. The third-order valence-electron chi connectivity index (χ3n) is 0.683. The summed E-state index contributed by atoms with van der Waals surface area (Å²) in [7, 11) is 0. The molecule has 0 N–H and O–H groups in total. The average Bonchev–Trinajstić information content (AvgIpc) is 2.14. The van der Waals surface area contributed by atoms with Gasteiger partial charge in [0.15, 0.2) is 4.67 Å². The van der Waals surface area contributed by atoms with Crippen molar-refractivity contribution < 1.29 is 4.42 Å². The molecular formula is C5H2BrNO. The molecule has 3 heteroatoms. The minimum atomic E-state index is 0.330. The molecule has 2 nitrogen and oxygen atoms in total. The second kappa shape index (κ2) is 2.01. The molecule has 0 bridgehead atoms. The van der Waals surface area contributed by atoms with Crippen molar-refractivity contribution in [2.24, 2.45) is 0 Å². The quantitative estimate of drug-likeness (QED) is 0.599. The van der Waals surface area contributed by atoms with Crippen LogP contribution in [0, 0.1) is 11.3 Å². The van der Waals surface area contributed by atoms with Crippen molar-refractivity contribution in [2.75, 3.05) is 0 Å². The van der Waals surface area contributed by atoms with Gasteiger partial charge in [0, 0.05) is 0 Å². The fourth-order valence-corrected chi connectivity index (χ4v) is 0.681. The van der Waals surface area contributed by atoms with Crippen LogP contribution in [-0.4, -0.2) is 0 Å². The summed E-state index contributed by atoms with van der Waals surface area (Å²) in [5.74, 6) is 0.330. The molecule has 0 aliphatic heterocycles. The highest BCUT2D eigenvalue weighted by molar-refractivity contribution is 9.10. The Morgan fingerprint density at radius 2 is 2.38 bits per heavy atom.